The summed E-state index contributed by atoms with van der Waals surface area (Å²) in [5, 5.41) is 0. The molecule has 0 aromatic carbocycles. The Morgan fingerprint density at radius 2 is 1.67 bits per heavy atom. The number of amides is 1. The first-order chi connectivity index (χ1) is 5.61. The van der Waals surface area contributed by atoms with E-state index >= 15 is 0 Å². The number of carbonyl (C=O) groups excluding carboxylic acids is 2. The normalized spacial score (nSPS) is 19.3. The van der Waals surface area contributed by atoms with Crippen LogP contribution in [0.15, 0.2) is 0 Å². The van der Waals surface area contributed by atoms with Crippen molar-refractivity contribution >= 4 is 32.3 Å². The van der Waals surface area contributed by atoms with Crippen LogP contribution in [0.1, 0.15) is 0 Å². The zero-order chi connectivity index (χ0) is 9.14. The lowest BCUT2D eigenvalue weighted by molar-refractivity contribution is -0.140. The molecule has 1 saturated heterocycles. The zero-order valence-corrected chi connectivity index (χ0v) is 9.07. The Kier molecular flexibility index (Phi) is 3.45. The molecule has 0 bridgehead atoms. The first-order valence-corrected chi connectivity index (χ1v) is 4.86. The molecular weight excluding hydrogens is 271 g/mol. The van der Waals surface area contributed by atoms with Crippen LogP contribution in [-0.4, -0.2) is 52.7 Å². The van der Waals surface area contributed by atoms with E-state index in [1.54, 1.807) is 4.90 Å². The highest BCUT2D eigenvalue weighted by atomic mass is 127. The number of rotatable bonds is 1. The van der Waals surface area contributed by atoms with Gasteiger partial charge in [-0.1, -0.05) is 0 Å². The highest BCUT2D eigenvalue weighted by molar-refractivity contribution is 14.1. The van der Waals surface area contributed by atoms with Crippen LogP contribution in [0.25, 0.3) is 0 Å². The van der Waals surface area contributed by atoms with Crippen LogP contribution in [0.4, 0.5) is 0 Å². The molecule has 1 rings (SSSR count). The topological polar surface area (TPSA) is 40.6 Å². The Balaban J connectivity index is 2.44. The SMILES string of the molecule is CN1CCN(C(=O)C(=O)I)CC1. The predicted octanol–water partition coefficient (Wildman–Crippen LogP) is -0.278. The third kappa shape index (κ3) is 2.41. The fraction of sp³-hybridized carbons (Fsp3) is 0.714. The fourth-order valence-corrected chi connectivity index (χ4v) is 1.47. The Labute approximate surface area is 85.0 Å². The van der Waals surface area contributed by atoms with Crippen molar-refractivity contribution in [2.45, 2.75) is 0 Å². The van der Waals surface area contributed by atoms with E-state index in [0.29, 0.717) is 13.1 Å². The molecule has 0 spiro atoms. The largest absolute Gasteiger partial charge is 0.333 e. The molecule has 12 heavy (non-hydrogen) atoms. The number of hydrogen-bond acceptors (Lipinski definition) is 3. The van der Waals surface area contributed by atoms with E-state index in [4.69, 9.17) is 0 Å². The number of piperazine rings is 1. The van der Waals surface area contributed by atoms with Crippen LogP contribution in [-0.2, 0) is 9.59 Å². The maximum atomic E-state index is 11.2. The highest BCUT2D eigenvalue weighted by Crippen LogP contribution is 2.02. The van der Waals surface area contributed by atoms with Crippen LogP contribution < -0.4 is 0 Å². The molecule has 1 aliphatic rings. The van der Waals surface area contributed by atoms with Crippen molar-refractivity contribution in [1.29, 1.82) is 0 Å². The number of nitrogens with zero attached hydrogens (tertiary/aromatic N) is 2. The summed E-state index contributed by atoms with van der Waals surface area (Å²) in [6.45, 7) is 3.06. The summed E-state index contributed by atoms with van der Waals surface area (Å²) < 4.78 is -0.392. The van der Waals surface area contributed by atoms with E-state index in [0.717, 1.165) is 13.1 Å². The van der Waals surface area contributed by atoms with Gasteiger partial charge in [-0.25, -0.2) is 0 Å². The molecule has 68 valence electrons. The first-order valence-electron chi connectivity index (χ1n) is 3.78. The van der Waals surface area contributed by atoms with Gasteiger partial charge in [0.2, 0.25) is 0 Å². The Hall–Kier alpha value is -0.170. The zero-order valence-electron chi connectivity index (χ0n) is 6.92. The van der Waals surface area contributed by atoms with E-state index in [1.807, 2.05) is 7.05 Å². The first kappa shape index (κ1) is 9.91. The molecule has 0 atom stereocenters. The monoisotopic (exact) mass is 282 g/mol. The second-order valence-corrected chi connectivity index (χ2v) is 3.85. The van der Waals surface area contributed by atoms with Crippen molar-refractivity contribution in [2.24, 2.45) is 0 Å². The van der Waals surface area contributed by atoms with Crippen LogP contribution in [0, 0.1) is 0 Å². The molecule has 4 nitrogen and oxygen atoms in total. The molecule has 0 aromatic heterocycles. The van der Waals surface area contributed by atoms with Gasteiger partial charge >= 0.3 is 5.91 Å². The molecule has 0 saturated carbocycles. The summed E-state index contributed by atoms with van der Waals surface area (Å²) in [6, 6.07) is 0. The molecular formula is C7H11IN2O2. The number of likely N-dealkylation sites (N-methyl/N-ethyl adjacent to an activating group) is 1. The van der Waals surface area contributed by atoms with Gasteiger partial charge in [-0.2, -0.15) is 0 Å². The minimum atomic E-state index is -0.392. The van der Waals surface area contributed by atoms with Gasteiger partial charge in [0, 0.05) is 48.8 Å². The summed E-state index contributed by atoms with van der Waals surface area (Å²) >= 11 is 1.53. The van der Waals surface area contributed by atoms with Crippen LogP contribution in [0.3, 0.4) is 0 Å². The van der Waals surface area contributed by atoms with Crippen molar-refractivity contribution in [3.05, 3.63) is 0 Å². The maximum absolute atomic E-state index is 11.2. The lowest BCUT2D eigenvalue weighted by Gasteiger charge is -2.31. The van der Waals surface area contributed by atoms with E-state index in [2.05, 4.69) is 4.90 Å². The highest BCUT2D eigenvalue weighted by Gasteiger charge is 2.22. The van der Waals surface area contributed by atoms with Gasteiger partial charge in [0.05, 0.1) is 0 Å². The maximum Gasteiger partial charge on any atom is 0.300 e. The molecule has 1 fully saturated rings. The van der Waals surface area contributed by atoms with E-state index in [9.17, 15) is 9.59 Å². The smallest absolute Gasteiger partial charge is 0.300 e. The third-order valence-corrected chi connectivity index (χ3v) is 2.42. The summed E-state index contributed by atoms with van der Waals surface area (Å²) in [5.74, 6) is -0.358. The Morgan fingerprint density at radius 1 is 1.17 bits per heavy atom. The van der Waals surface area contributed by atoms with Gasteiger partial charge in [0.1, 0.15) is 0 Å². The summed E-state index contributed by atoms with van der Waals surface area (Å²) in [7, 11) is 2.01. The molecule has 0 radical (unpaired) electrons. The van der Waals surface area contributed by atoms with Crippen molar-refractivity contribution in [3.63, 3.8) is 0 Å². The third-order valence-electron chi connectivity index (χ3n) is 1.96. The molecule has 1 amide bonds. The summed E-state index contributed by atoms with van der Waals surface area (Å²) in [6.07, 6.45) is 0. The minimum absolute atomic E-state index is 0.358. The van der Waals surface area contributed by atoms with Crippen molar-refractivity contribution in [2.75, 3.05) is 33.2 Å². The summed E-state index contributed by atoms with van der Waals surface area (Å²) in [5.41, 5.74) is 0. The van der Waals surface area contributed by atoms with E-state index in [-0.39, 0.29) is 5.91 Å². The van der Waals surface area contributed by atoms with Gasteiger partial charge in [-0.3, -0.25) is 9.59 Å². The van der Waals surface area contributed by atoms with Crippen LogP contribution in [0.5, 0.6) is 0 Å². The number of halogens is 1. The van der Waals surface area contributed by atoms with E-state index in [1.165, 1.54) is 22.6 Å². The van der Waals surface area contributed by atoms with Crippen molar-refractivity contribution in [3.8, 4) is 0 Å². The van der Waals surface area contributed by atoms with Gasteiger partial charge < -0.3 is 9.80 Å². The summed E-state index contributed by atoms with van der Waals surface area (Å²) in [4.78, 5) is 25.6. The molecule has 1 aliphatic heterocycles. The van der Waals surface area contributed by atoms with Crippen molar-refractivity contribution < 1.29 is 9.59 Å². The number of hydrogen-bond donors (Lipinski definition) is 0. The average molecular weight is 282 g/mol. The lowest BCUT2D eigenvalue weighted by atomic mass is 10.3. The molecule has 0 N–H and O–H groups in total. The molecule has 0 aliphatic carbocycles. The van der Waals surface area contributed by atoms with Gasteiger partial charge in [0.25, 0.3) is 3.79 Å². The lowest BCUT2D eigenvalue weighted by Crippen LogP contribution is -2.48. The van der Waals surface area contributed by atoms with E-state index < -0.39 is 3.79 Å². The fourth-order valence-electron chi connectivity index (χ4n) is 1.13. The number of carbonyl (C=O) groups is 2. The molecule has 0 aromatic rings. The Morgan fingerprint density at radius 3 is 2.08 bits per heavy atom. The minimum Gasteiger partial charge on any atom is -0.333 e. The predicted molar refractivity (Wildman–Crippen MR) is 53.1 cm³/mol. The average Bonchev–Trinajstić information content (AvgIpc) is 2.04. The second-order valence-electron chi connectivity index (χ2n) is 2.87. The van der Waals surface area contributed by atoms with Crippen LogP contribution in [0.2, 0.25) is 0 Å². The van der Waals surface area contributed by atoms with Crippen molar-refractivity contribution in [1.82, 2.24) is 9.80 Å². The Bertz CT molecular complexity index is 200. The quantitative estimate of drug-likeness (QED) is 0.377. The van der Waals surface area contributed by atoms with Gasteiger partial charge in [-0.15, -0.1) is 0 Å². The second kappa shape index (κ2) is 4.18. The van der Waals surface area contributed by atoms with Gasteiger partial charge in [0.15, 0.2) is 0 Å². The molecule has 0 unspecified atom stereocenters. The van der Waals surface area contributed by atoms with Crippen LogP contribution >= 0.6 is 22.6 Å². The molecule has 1 heterocycles. The van der Waals surface area contributed by atoms with Gasteiger partial charge in [-0.05, 0) is 7.05 Å². The molecule has 5 heteroatoms. The standard InChI is InChI=1S/C7H11IN2O2/c1-9-2-4-10(5-3-9)7(12)6(8)11/h2-5H2,1H3.